The largest absolute Gasteiger partial charge is 0.506 e. The second-order valence-electron chi connectivity index (χ2n) is 9.00. The average molecular weight is 491 g/mol. The summed E-state index contributed by atoms with van der Waals surface area (Å²) in [6.45, 7) is 8.49. The molecule has 0 radical (unpaired) electrons. The first-order chi connectivity index (χ1) is 17.0. The summed E-state index contributed by atoms with van der Waals surface area (Å²) in [7, 11) is 0. The number of allylic oxidation sites excluding steroid dienone is 3. The van der Waals surface area contributed by atoms with Crippen molar-refractivity contribution >= 4 is 29.9 Å². The number of phenols is 1. The molecule has 0 fully saturated rings. The lowest BCUT2D eigenvalue weighted by Crippen LogP contribution is -2.32. The number of aromatic hydroxyl groups is 1. The van der Waals surface area contributed by atoms with Gasteiger partial charge in [-0.15, -0.1) is 0 Å². The summed E-state index contributed by atoms with van der Waals surface area (Å²) in [6, 6.07) is 8.04. The van der Waals surface area contributed by atoms with Crippen LogP contribution in [-0.4, -0.2) is 28.4 Å². The first-order valence-electron chi connectivity index (χ1n) is 11.6. The number of ether oxygens (including phenoxy) is 3. The zero-order valence-corrected chi connectivity index (χ0v) is 21.1. The Morgan fingerprint density at radius 3 is 2.36 bits per heavy atom. The monoisotopic (exact) mass is 490 g/mol. The molecule has 1 unspecified atom stereocenters. The maximum absolute atomic E-state index is 13.1. The van der Waals surface area contributed by atoms with Crippen molar-refractivity contribution in [3.8, 4) is 23.0 Å². The Labute approximate surface area is 210 Å². The molecule has 36 heavy (non-hydrogen) atoms. The number of benzene rings is 2. The predicted molar refractivity (Wildman–Crippen MR) is 137 cm³/mol. The topological polar surface area (TPSA) is 99.1 Å². The van der Waals surface area contributed by atoms with E-state index >= 15 is 0 Å². The van der Waals surface area contributed by atoms with Crippen LogP contribution in [0.4, 0.5) is 0 Å². The summed E-state index contributed by atoms with van der Waals surface area (Å²) in [5, 5.41) is 10.9. The van der Waals surface area contributed by atoms with Gasteiger partial charge in [0.05, 0.1) is 11.1 Å². The molecule has 1 aliphatic heterocycles. The van der Waals surface area contributed by atoms with E-state index in [4.69, 9.17) is 14.2 Å². The molecule has 2 aromatic carbocycles. The molecule has 0 spiro atoms. The van der Waals surface area contributed by atoms with Crippen LogP contribution in [0.3, 0.4) is 0 Å². The Morgan fingerprint density at radius 1 is 1.03 bits per heavy atom. The molecule has 0 amide bonds. The van der Waals surface area contributed by atoms with Gasteiger partial charge in [0.15, 0.2) is 17.3 Å². The minimum atomic E-state index is -0.688. The molecular formula is C29H30O7. The van der Waals surface area contributed by atoms with Gasteiger partial charge in [0.25, 0.3) is 0 Å². The highest BCUT2D eigenvalue weighted by Crippen LogP contribution is 2.46. The number of ketones is 1. The van der Waals surface area contributed by atoms with Crippen LogP contribution in [0.2, 0.25) is 0 Å². The van der Waals surface area contributed by atoms with E-state index in [0.717, 1.165) is 6.42 Å². The van der Waals surface area contributed by atoms with Crippen molar-refractivity contribution in [3.63, 3.8) is 0 Å². The van der Waals surface area contributed by atoms with Gasteiger partial charge in [-0.05, 0) is 70.0 Å². The van der Waals surface area contributed by atoms with Crippen LogP contribution < -0.4 is 14.2 Å². The average Bonchev–Trinajstić information content (AvgIpc) is 2.79. The maximum atomic E-state index is 13.1. The highest BCUT2D eigenvalue weighted by atomic mass is 16.6. The summed E-state index contributed by atoms with van der Waals surface area (Å²) in [4.78, 5) is 36.2. The first kappa shape index (κ1) is 26.5. The third-order valence-electron chi connectivity index (χ3n) is 5.49. The fourth-order valence-electron chi connectivity index (χ4n) is 3.76. The molecule has 0 saturated carbocycles. The Kier molecular flexibility index (Phi) is 8.14. The normalized spacial score (nSPS) is 16.1. The SMILES string of the molecule is CC(=O)Oc1ccccc1C=CC(=O)c1cc(OC(C)=O)c2c(c1O)C=CC(C)(CCC=C(C)C)O2. The van der Waals surface area contributed by atoms with Gasteiger partial charge in [0, 0.05) is 19.4 Å². The number of fused-ring (bicyclic) bond motifs is 1. The van der Waals surface area contributed by atoms with Crippen molar-refractivity contribution in [2.45, 2.75) is 53.1 Å². The molecule has 7 heteroatoms. The van der Waals surface area contributed by atoms with Gasteiger partial charge in [-0.2, -0.15) is 0 Å². The lowest BCUT2D eigenvalue weighted by Gasteiger charge is -2.33. The number of phenolic OH excluding ortho intramolecular Hbond substituents is 1. The summed E-state index contributed by atoms with van der Waals surface area (Å²) in [5.41, 5.74) is 1.21. The summed E-state index contributed by atoms with van der Waals surface area (Å²) in [6.07, 6.45) is 9.79. The van der Waals surface area contributed by atoms with Crippen LogP contribution in [0.15, 0.2) is 54.1 Å². The molecule has 2 aromatic rings. The smallest absolute Gasteiger partial charge is 0.308 e. The van der Waals surface area contributed by atoms with E-state index in [1.54, 1.807) is 30.3 Å². The van der Waals surface area contributed by atoms with Gasteiger partial charge in [0.1, 0.15) is 17.1 Å². The van der Waals surface area contributed by atoms with Gasteiger partial charge in [-0.25, -0.2) is 0 Å². The van der Waals surface area contributed by atoms with Gasteiger partial charge in [-0.3, -0.25) is 14.4 Å². The zero-order valence-electron chi connectivity index (χ0n) is 21.1. The Balaban J connectivity index is 1.97. The fourth-order valence-corrected chi connectivity index (χ4v) is 3.76. The van der Waals surface area contributed by atoms with E-state index in [-0.39, 0.29) is 28.4 Å². The molecule has 7 nitrogen and oxygen atoms in total. The highest BCUT2D eigenvalue weighted by Gasteiger charge is 2.32. The first-order valence-corrected chi connectivity index (χ1v) is 11.6. The number of carbonyl (C=O) groups excluding carboxylic acids is 3. The molecule has 0 aliphatic carbocycles. The van der Waals surface area contributed by atoms with Crippen LogP contribution in [0.25, 0.3) is 12.2 Å². The summed E-state index contributed by atoms with van der Waals surface area (Å²) in [5.74, 6) is -1.35. The molecule has 0 bridgehead atoms. The molecule has 0 saturated heterocycles. The Hall–Kier alpha value is -4.13. The van der Waals surface area contributed by atoms with E-state index in [2.05, 4.69) is 6.08 Å². The Morgan fingerprint density at radius 2 is 1.69 bits per heavy atom. The molecule has 1 aliphatic rings. The lowest BCUT2D eigenvalue weighted by atomic mass is 9.92. The third-order valence-corrected chi connectivity index (χ3v) is 5.49. The number of para-hydroxylation sites is 1. The van der Waals surface area contributed by atoms with Crippen LogP contribution in [0, 0.1) is 0 Å². The minimum absolute atomic E-state index is 0.0464. The molecule has 3 rings (SSSR count). The van der Waals surface area contributed by atoms with E-state index in [9.17, 15) is 19.5 Å². The number of rotatable bonds is 8. The second kappa shape index (κ2) is 11.1. The molecule has 188 valence electrons. The lowest BCUT2D eigenvalue weighted by molar-refractivity contribution is -0.132. The molecule has 0 aromatic heterocycles. The minimum Gasteiger partial charge on any atom is -0.506 e. The van der Waals surface area contributed by atoms with Crippen molar-refractivity contribution in [3.05, 3.63) is 70.8 Å². The Bertz CT molecular complexity index is 1280. The van der Waals surface area contributed by atoms with Crippen molar-refractivity contribution in [1.29, 1.82) is 0 Å². The summed E-state index contributed by atoms with van der Waals surface area (Å²) >= 11 is 0. The predicted octanol–water partition coefficient (Wildman–Crippen LogP) is 6.05. The van der Waals surface area contributed by atoms with Crippen molar-refractivity contribution in [2.24, 2.45) is 0 Å². The summed E-state index contributed by atoms with van der Waals surface area (Å²) < 4.78 is 16.7. The quantitative estimate of drug-likeness (QED) is 0.158. The zero-order chi connectivity index (χ0) is 26.5. The maximum Gasteiger partial charge on any atom is 0.308 e. The number of hydrogen-bond donors (Lipinski definition) is 1. The van der Waals surface area contributed by atoms with Gasteiger partial charge >= 0.3 is 11.9 Å². The van der Waals surface area contributed by atoms with E-state index in [1.165, 1.54) is 37.6 Å². The highest BCUT2D eigenvalue weighted by molar-refractivity contribution is 6.10. The van der Waals surface area contributed by atoms with Gasteiger partial charge < -0.3 is 19.3 Å². The third kappa shape index (κ3) is 6.50. The van der Waals surface area contributed by atoms with Crippen molar-refractivity contribution < 1.29 is 33.7 Å². The number of esters is 2. The molecule has 1 N–H and O–H groups in total. The van der Waals surface area contributed by atoms with Crippen LogP contribution in [0.5, 0.6) is 23.0 Å². The van der Waals surface area contributed by atoms with E-state index in [0.29, 0.717) is 17.7 Å². The van der Waals surface area contributed by atoms with Crippen molar-refractivity contribution in [2.75, 3.05) is 0 Å². The molecular weight excluding hydrogens is 460 g/mol. The van der Waals surface area contributed by atoms with E-state index < -0.39 is 23.3 Å². The molecule has 1 heterocycles. The van der Waals surface area contributed by atoms with Gasteiger partial charge in [-0.1, -0.05) is 29.8 Å². The van der Waals surface area contributed by atoms with Crippen LogP contribution >= 0.6 is 0 Å². The van der Waals surface area contributed by atoms with Crippen molar-refractivity contribution in [1.82, 2.24) is 0 Å². The van der Waals surface area contributed by atoms with E-state index in [1.807, 2.05) is 26.8 Å². The van der Waals surface area contributed by atoms with Crippen LogP contribution in [0.1, 0.15) is 68.9 Å². The van der Waals surface area contributed by atoms with Crippen LogP contribution in [-0.2, 0) is 9.59 Å². The number of hydrogen-bond acceptors (Lipinski definition) is 7. The standard InChI is InChI=1S/C29H30O7/c1-18(2)9-8-15-29(5)16-14-22-27(33)23(17-26(28(22)36-29)35-20(4)31)24(32)13-12-21-10-6-7-11-25(21)34-19(3)30/h6-7,9-14,16-17,33H,8,15H2,1-5H3. The fraction of sp³-hybridized carbons (Fsp3) is 0.276. The number of carbonyl (C=O) groups is 3. The second-order valence-corrected chi connectivity index (χ2v) is 9.00. The van der Waals surface area contributed by atoms with Gasteiger partial charge in [0.2, 0.25) is 0 Å². The molecule has 1 atom stereocenters.